The van der Waals surface area contributed by atoms with Crippen molar-refractivity contribution in [3.8, 4) is 0 Å². The fourth-order valence-electron chi connectivity index (χ4n) is 3.79. The van der Waals surface area contributed by atoms with Gasteiger partial charge < -0.3 is 10.2 Å². The molecule has 0 saturated carbocycles. The van der Waals surface area contributed by atoms with Crippen LogP contribution in [-0.4, -0.2) is 30.6 Å². The first-order chi connectivity index (χ1) is 12.5. The van der Waals surface area contributed by atoms with Crippen molar-refractivity contribution in [1.29, 1.82) is 0 Å². The highest BCUT2D eigenvalue weighted by Crippen LogP contribution is 2.32. The molecule has 4 rings (SSSR count). The van der Waals surface area contributed by atoms with Gasteiger partial charge in [-0.15, -0.1) is 0 Å². The van der Waals surface area contributed by atoms with Gasteiger partial charge in [-0.2, -0.15) is 0 Å². The van der Waals surface area contributed by atoms with E-state index in [1.54, 1.807) is 21.9 Å². The highest BCUT2D eigenvalue weighted by Gasteiger charge is 2.35. The van der Waals surface area contributed by atoms with E-state index in [9.17, 15) is 9.59 Å². The molecule has 1 N–H and O–H groups in total. The van der Waals surface area contributed by atoms with E-state index in [1.165, 1.54) is 5.56 Å². The van der Waals surface area contributed by atoms with Gasteiger partial charge in [-0.1, -0.05) is 29.8 Å². The third-order valence-electron chi connectivity index (χ3n) is 5.02. The van der Waals surface area contributed by atoms with Gasteiger partial charge in [0, 0.05) is 35.4 Å². The molecule has 2 aromatic rings. The topological polar surface area (TPSA) is 52.7 Å². The summed E-state index contributed by atoms with van der Waals surface area (Å²) in [5.41, 5.74) is 2.94. The van der Waals surface area contributed by atoms with Crippen LogP contribution < -0.4 is 15.1 Å². The van der Waals surface area contributed by atoms with Crippen LogP contribution in [0.5, 0.6) is 0 Å². The van der Waals surface area contributed by atoms with Gasteiger partial charge >= 0.3 is 6.03 Å². The Morgan fingerprint density at radius 3 is 2.62 bits per heavy atom. The van der Waals surface area contributed by atoms with E-state index >= 15 is 0 Å². The zero-order valence-corrected chi connectivity index (χ0v) is 15.2. The number of anilines is 2. The van der Waals surface area contributed by atoms with Gasteiger partial charge in [0.25, 0.3) is 0 Å². The Balaban J connectivity index is 1.46. The molecular formula is C20H20ClN3O2. The molecule has 0 bridgehead atoms. The second kappa shape index (κ2) is 6.65. The first kappa shape index (κ1) is 16.9. The molecule has 2 unspecified atom stereocenters. The maximum absolute atomic E-state index is 12.8. The Kier molecular flexibility index (Phi) is 4.32. The lowest BCUT2D eigenvalue weighted by molar-refractivity contribution is -0.117. The summed E-state index contributed by atoms with van der Waals surface area (Å²) in [5.74, 6) is 0.00694. The van der Waals surface area contributed by atoms with Crippen molar-refractivity contribution in [3.63, 3.8) is 0 Å². The number of urea groups is 1. The largest absolute Gasteiger partial charge is 0.333 e. The molecule has 0 aliphatic carbocycles. The number of carbonyl (C=O) groups excluding carboxylic acids is 2. The third-order valence-corrected chi connectivity index (χ3v) is 5.27. The molecule has 1 saturated heterocycles. The molecule has 6 heteroatoms. The number of hydrogen-bond donors (Lipinski definition) is 1. The number of para-hydroxylation sites is 1. The lowest BCUT2D eigenvalue weighted by Crippen LogP contribution is -2.48. The van der Waals surface area contributed by atoms with Gasteiger partial charge in [0.15, 0.2) is 0 Å². The van der Waals surface area contributed by atoms with Crippen LogP contribution in [0.1, 0.15) is 18.9 Å². The molecule has 0 aromatic heterocycles. The van der Waals surface area contributed by atoms with Gasteiger partial charge in [-0.3, -0.25) is 9.69 Å². The van der Waals surface area contributed by atoms with E-state index in [0.29, 0.717) is 18.0 Å². The fraction of sp³-hybridized carbons (Fsp3) is 0.300. The maximum atomic E-state index is 12.8. The van der Waals surface area contributed by atoms with E-state index in [-0.39, 0.29) is 24.0 Å². The molecule has 5 nitrogen and oxygen atoms in total. The number of amides is 3. The first-order valence-electron chi connectivity index (χ1n) is 8.76. The van der Waals surface area contributed by atoms with Crippen LogP contribution in [0, 0.1) is 0 Å². The molecule has 2 aliphatic rings. The molecule has 3 amide bonds. The highest BCUT2D eigenvalue weighted by molar-refractivity contribution is 6.30. The Hall–Kier alpha value is -2.53. The Morgan fingerprint density at radius 1 is 1.12 bits per heavy atom. The summed E-state index contributed by atoms with van der Waals surface area (Å²) in [4.78, 5) is 28.7. The predicted molar refractivity (Wildman–Crippen MR) is 103 cm³/mol. The standard InChI is InChI=1S/C20H20ClN3O2/c1-13-10-14-4-2-3-5-18(14)24(13)20(26)22-16-11-19(25)23(12-16)17-8-6-15(21)7-9-17/h2-9,13,16H,10-12H2,1H3,(H,22,26). The lowest BCUT2D eigenvalue weighted by Gasteiger charge is -2.25. The molecule has 2 aliphatic heterocycles. The van der Waals surface area contributed by atoms with Crippen molar-refractivity contribution in [2.24, 2.45) is 0 Å². The molecule has 26 heavy (non-hydrogen) atoms. The monoisotopic (exact) mass is 369 g/mol. The summed E-state index contributed by atoms with van der Waals surface area (Å²) in [6.45, 7) is 2.51. The summed E-state index contributed by atoms with van der Waals surface area (Å²) in [6, 6.07) is 14.9. The number of nitrogens with one attached hydrogen (secondary N) is 1. The summed E-state index contributed by atoms with van der Waals surface area (Å²) in [5, 5.41) is 3.66. The first-order valence-corrected chi connectivity index (χ1v) is 9.14. The van der Waals surface area contributed by atoms with Crippen LogP contribution in [0.3, 0.4) is 0 Å². The summed E-state index contributed by atoms with van der Waals surface area (Å²) < 4.78 is 0. The average Bonchev–Trinajstić information content (AvgIpc) is 3.14. The Labute approximate surface area is 157 Å². The lowest BCUT2D eigenvalue weighted by atomic mass is 10.1. The van der Waals surface area contributed by atoms with Crippen LogP contribution in [0.15, 0.2) is 48.5 Å². The van der Waals surface area contributed by atoms with E-state index in [4.69, 9.17) is 11.6 Å². The molecular weight excluding hydrogens is 350 g/mol. The molecule has 1 fully saturated rings. The normalized spacial score (nSPS) is 21.8. The number of carbonyl (C=O) groups is 2. The van der Waals surface area contributed by atoms with Crippen molar-refractivity contribution in [1.82, 2.24) is 5.32 Å². The van der Waals surface area contributed by atoms with Crippen molar-refractivity contribution in [2.45, 2.75) is 31.8 Å². The Bertz CT molecular complexity index is 852. The summed E-state index contributed by atoms with van der Waals surface area (Å²) in [7, 11) is 0. The van der Waals surface area contributed by atoms with Crippen LogP contribution in [0.4, 0.5) is 16.2 Å². The minimum atomic E-state index is -0.203. The minimum Gasteiger partial charge on any atom is -0.333 e. The van der Waals surface area contributed by atoms with Gasteiger partial charge in [0.2, 0.25) is 5.91 Å². The third kappa shape index (κ3) is 3.03. The molecule has 0 spiro atoms. The predicted octanol–water partition coefficient (Wildman–Crippen LogP) is 3.61. The van der Waals surface area contributed by atoms with Crippen LogP contribution >= 0.6 is 11.6 Å². The van der Waals surface area contributed by atoms with Crippen molar-refractivity contribution >= 4 is 34.9 Å². The van der Waals surface area contributed by atoms with E-state index in [2.05, 4.69) is 11.4 Å². The molecule has 134 valence electrons. The smallest absolute Gasteiger partial charge is 0.322 e. The summed E-state index contributed by atoms with van der Waals surface area (Å²) in [6.07, 6.45) is 1.16. The second-order valence-electron chi connectivity index (χ2n) is 6.88. The summed E-state index contributed by atoms with van der Waals surface area (Å²) >= 11 is 5.91. The van der Waals surface area contributed by atoms with Crippen molar-refractivity contribution in [3.05, 3.63) is 59.1 Å². The molecule has 2 aromatic carbocycles. The minimum absolute atomic E-state index is 0.00694. The van der Waals surface area contributed by atoms with Gasteiger partial charge in [-0.25, -0.2) is 4.79 Å². The van der Waals surface area contributed by atoms with Crippen molar-refractivity contribution < 1.29 is 9.59 Å². The number of benzene rings is 2. The molecule has 2 heterocycles. The van der Waals surface area contributed by atoms with Crippen LogP contribution in [0.2, 0.25) is 5.02 Å². The zero-order valence-electron chi connectivity index (χ0n) is 14.5. The number of nitrogens with zero attached hydrogens (tertiary/aromatic N) is 2. The van der Waals surface area contributed by atoms with E-state index in [1.807, 2.05) is 37.3 Å². The fourth-order valence-corrected chi connectivity index (χ4v) is 3.92. The number of rotatable bonds is 2. The van der Waals surface area contributed by atoms with Gasteiger partial charge in [0.1, 0.15) is 0 Å². The van der Waals surface area contributed by atoms with E-state index < -0.39 is 0 Å². The van der Waals surface area contributed by atoms with Gasteiger partial charge in [-0.05, 0) is 49.2 Å². The maximum Gasteiger partial charge on any atom is 0.322 e. The number of fused-ring (bicyclic) bond motifs is 1. The molecule has 2 atom stereocenters. The Morgan fingerprint density at radius 2 is 1.85 bits per heavy atom. The van der Waals surface area contributed by atoms with Gasteiger partial charge in [0.05, 0.1) is 6.04 Å². The SMILES string of the molecule is CC1Cc2ccccc2N1C(=O)NC1CC(=O)N(c2ccc(Cl)cc2)C1. The molecule has 0 radical (unpaired) electrons. The highest BCUT2D eigenvalue weighted by atomic mass is 35.5. The van der Waals surface area contributed by atoms with Crippen LogP contribution in [-0.2, 0) is 11.2 Å². The number of halogens is 1. The van der Waals surface area contributed by atoms with Crippen molar-refractivity contribution in [2.75, 3.05) is 16.3 Å². The second-order valence-corrected chi connectivity index (χ2v) is 7.32. The number of hydrogen-bond acceptors (Lipinski definition) is 2. The van der Waals surface area contributed by atoms with E-state index in [0.717, 1.165) is 17.8 Å². The van der Waals surface area contributed by atoms with Crippen LogP contribution in [0.25, 0.3) is 0 Å². The quantitative estimate of drug-likeness (QED) is 0.879. The zero-order chi connectivity index (χ0) is 18.3. The average molecular weight is 370 g/mol.